The zero-order valence-electron chi connectivity index (χ0n) is 8.76. The third kappa shape index (κ3) is 7.75. The van der Waals surface area contributed by atoms with E-state index < -0.39 is 0 Å². The van der Waals surface area contributed by atoms with Crippen LogP contribution in [0.1, 0.15) is 12.8 Å². The van der Waals surface area contributed by atoms with E-state index in [4.69, 9.17) is 0 Å². The molecule has 0 aromatic carbocycles. The van der Waals surface area contributed by atoms with Crippen molar-refractivity contribution in [1.82, 2.24) is 10.2 Å². The summed E-state index contributed by atoms with van der Waals surface area (Å²) in [5.74, 6) is 0. The smallest absolute Gasteiger partial charge is 0.0163 e. The second-order valence-electron chi connectivity index (χ2n) is 3.15. The van der Waals surface area contributed by atoms with Crippen molar-refractivity contribution in [3.05, 3.63) is 25.3 Å². The van der Waals surface area contributed by atoms with Crippen LogP contribution in [0.2, 0.25) is 0 Å². The SMILES string of the molecule is C=CCN(CC=C)CCCCNC. The molecule has 0 fully saturated rings. The Bertz CT molecular complexity index is 122. The molecule has 0 spiro atoms. The van der Waals surface area contributed by atoms with Crippen molar-refractivity contribution in [3.63, 3.8) is 0 Å². The summed E-state index contributed by atoms with van der Waals surface area (Å²) in [5.41, 5.74) is 0. The number of hydrogen-bond acceptors (Lipinski definition) is 2. The normalized spacial score (nSPS) is 10.3. The first kappa shape index (κ1) is 12.4. The van der Waals surface area contributed by atoms with Gasteiger partial charge in [-0.05, 0) is 33.0 Å². The molecule has 0 aromatic heterocycles. The minimum atomic E-state index is 0.964. The van der Waals surface area contributed by atoms with Crippen molar-refractivity contribution in [1.29, 1.82) is 0 Å². The predicted octanol–water partition coefficient (Wildman–Crippen LogP) is 1.66. The van der Waals surface area contributed by atoms with E-state index in [-0.39, 0.29) is 0 Å². The average molecular weight is 182 g/mol. The zero-order chi connectivity index (χ0) is 9.94. The molecule has 0 unspecified atom stereocenters. The van der Waals surface area contributed by atoms with Crippen molar-refractivity contribution in [2.75, 3.05) is 33.2 Å². The largest absolute Gasteiger partial charge is 0.320 e. The van der Waals surface area contributed by atoms with E-state index in [1.165, 1.54) is 12.8 Å². The van der Waals surface area contributed by atoms with Gasteiger partial charge in [0.2, 0.25) is 0 Å². The first-order valence-electron chi connectivity index (χ1n) is 4.94. The summed E-state index contributed by atoms with van der Waals surface area (Å²) in [5, 5.41) is 3.15. The van der Waals surface area contributed by atoms with Gasteiger partial charge in [-0.15, -0.1) is 13.2 Å². The Morgan fingerprint density at radius 3 is 2.23 bits per heavy atom. The van der Waals surface area contributed by atoms with E-state index in [1.54, 1.807) is 0 Å². The number of nitrogens with zero attached hydrogens (tertiary/aromatic N) is 1. The van der Waals surface area contributed by atoms with Crippen LogP contribution >= 0.6 is 0 Å². The van der Waals surface area contributed by atoms with Gasteiger partial charge in [-0.2, -0.15) is 0 Å². The summed E-state index contributed by atoms with van der Waals surface area (Å²) in [6, 6.07) is 0. The molecule has 0 amide bonds. The molecule has 0 rings (SSSR count). The topological polar surface area (TPSA) is 15.3 Å². The van der Waals surface area contributed by atoms with E-state index in [2.05, 4.69) is 23.4 Å². The molecule has 0 atom stereocenters. The van der Waals surface area contributed by atoms with Crippen LogP contribution in [0.4, 0.5) is 0 Å². The fourth-order valence-electron chi connectivity index (χ4n) is 1.26. The van der Waals surface area contributed by atoms with Crippen LogP contribution in [-0.4, -0.2) is 38.1 Å². The monoisotopic (exact) mass is 182 g/mol. The summed E-state index contributed by atoms with van der Waals surface area (Å²) in [6.07, 6.45) is 6.37. The van der Waals surface area contributed by atoms with Crippen molar-refractivity contribution in [2.45, 2.75) is 12.8 Å². The van der Waals surface area contributed by atoms with Crippen molar-refractivity contribution < 1.29 is 0 Å². The van der Waals surface area contributed by atoms with Crippen molar-refractivity contribution in [3.8, 4) is 0 Å². The molecule has 2 nitrogen and oxygen atoms in total. The second kappa shape index (κ2) is 9.49. The molecule has 0 radical (unpaired) electrons. The third-order valence-corrected chi connectivity index (χ3v) is 1.93. The quantitative estimate of drug-likeness (QED) is 0.431. The summed E-state index contributed by atoms with van der Waals surface area (Å²) < 4.78 is 0. The van der Waals surface area contributed by atoms with Gasteiger partial charge in [0.15, 0.2) is 0 Å². The number of nitrogens with one attached hydrogen (secondary N) is 1. The van der Waals surface area contributed by atoms with Gasteiger partial charge in [0.25, 0.3) is 0 Å². The van der Waals surface area contributed by atoms with Gasteiger partial charge in [0.05, 0.1) is 0 Å². The van der Waals surface area contributed by atoms with Crippen LogP contribution in [0.15, 0.2) is 25.3 Å². The van der Waals surface area contributed by atoms with Crippen LogP contribution in [0.5, 0.6) is 0 Å². The standard InChI is InChI=1S/C11H22N2/c1-4-9-13(10-5-2)11-7-6-8-12-3/h4-5,12H,1-2,6-11H2,3H3. The van der Waals surface area contributed by atoms with E-state index in [1.807, 2.05) is 19.2 Å². The Labute approximate surface area is 82.3 Å². The highest BCUT2D eigenvalue weighted by molar-refractivity contribution is 4.79. The lowest BCUT2D eigenvalue weighted by Gasteiger charge is -2.18. The van der Waals surface area contributed by atoms with Gasteiger partial charge < -0.3 is 5.32 Å². The fraction of sp³-hybridized carbons (Fsp3) is 0.636. The summed E-state index contributed by atoms with van der Waals surface area (Å²) in [6.45, 7) is 11.7. The number of unbranched alkanes of at least 4 members (excludes halogenated alkanes) is 1. The minimum Gasteiger partial charge on any atom is -0.320 e. The lowest BCUT2D eigenvalue weighted by atomic mass is 10.3. The van der Waals surface area contributed by atoms with Crippen molar-refractivity contribution >= 4 is 0 Å². The molecule has 2 heteroatoms. The predicted molar refractivity (Wildman–Crippen MR) is 60.0 cm³/mol. The Hall–Kier alpha value is -0.600. The Morgan fingerprint density at radius 1 is 1.15 bits per heavy atom. The fourth-order valence-corrected chi connectivity index (χ4v) is 1.26. The van der Waals surface area contributed by atoms with E-state index in [0.717, 1.165) is 26.2 Å². The molecule has 0 aliphatic rings. The molecule has 0 heterocycles. The van der Waals surface area contributed by atoms with Crippen LogP contribution in [0.25, 0.3) is 0 Å². The maximum Gasteiger partial charge on any atom is 0.0163 e. The molecular formula is C11H22N2. The third-order valence-electron chi connectivity index (χ3n) is 1.93. The zero-order valence-corrected chi connectivity index (χ0v) is 8.76. The van der Waals surface area contributed by atoms with Gasteiger partial charge in [0, 0.05) is 13.1 Å². The first-order chi connectivity index (χ1) is 6.35. The van der Waals surface area contributed by atoms with Gasteiger partial charge in [-0.3, -0.25) is 4.90 Å². The molecule has 76 valence electrons. The first-order valence-corrected chi connectivity index (χ1v) is 4.94. The Morgan fingerprint density at radius 2 is 1.77 bits per heavy atom. The summed E-state index contributed by atoms with van der Waals surface area (Å²) in [4.78, 5) is 2.34. The van der Waals surface area contributed by atoms with Gasteiger partial charge in [-0.1, -0.05) is 12.2 Å². The minimum absolute atomic E-state index is 0.964. The lowest BCUT2D eigenvalue weighted by Crippen LogP contribution is -2.25. The highest BCUT2D eigenvalue weighted by Crippen LogP contribution is 1.95. The Kier molecular flexibility index (Phi) is 9.05. The lowest BCUT2D eigenvalue weighted by molar-refractivity contribution is 0.326. The van der Waals surface area contributed by atoms with E-state index >= 15 is 0 Å². The maximum atomic E-state index is 3.74. The van der Waals surface area contributed by atoms with Crippen LogP contribution < -0.4 is 5.32 Å². The molecule has 0 aliphatic carbocycles. The summed E-state index contributed by atoms with van der Waals surface area (Å²) >= 11 is 0. The second-order valence-corrected chi connectivity index (χ2v) is 3.15. The highest BCUT2D eigenvalue weighted by Gasteiger charge is 1.98. The number of hydrogen-bond donors (Lipinski definition) is 1. The van der Waals surface area contributed by atoms with Crippen molar-refractivity contribution in [2.24, 2.45) is 0 Å². The van der Waals surface area contributed by atoms with Gasteiger partial charge in [-0.25, -0.2) is 0 Å². The molecule has 1 N–H and O–H groups in total. The number of rotatable bonds is 9. The van der Waals surface area contributed by atoms with Gasteiger partial charge >= 0.3 is 0 Å². The Balaban J connectivity index is 3.43. The van der Waals surface area contributed by atoms with Crippen LogP contribution in [0.3, 0.4) is 0 Å². The average Bonchev–Trinajstić information content (AvgIpc) is 2.13. The molecule has 0 saturated heterocycles. The van der Waals surface area contributed by atoms with Crippen LogP contribution in [-0.2, 0) is 0 Å². The van der Waals surface area contributed by atoms with Gasteiger partial charge in [0.1, 0.15) is 0 Å². The van der Waals surface area contributed by atoms with Crippen LogP contribution in [0, 0.1) is 0 Å². The highest BCUT2D eigenvalue weighted by atomic mass is 15.1. The molecular weight excluding hydrogens is 160 g/mol. The molecule has 0 bridgehead atoms. The van der Waals surface area contributed by atoms with E-state index in [0.29, 0.717) is 0 Å². The molecule has 0 saturated carbocycles. The maximum absolute atomic E-state index is 3.74. The molecule has 0 aliphatic heterocycles. The summed E-state index contributed by atoms with van der Waals surface area (Å²) in [7, 11) is 1.99. The van der Waals surface area contributed by atoms with E-state index in [9.17, 15) is 0 Å². The molecule has 13 heavy (non-hydrogen) atoms. The molecule has 0 aromatic rings.